The van der Waals surface area contributed by atoms with Gasteiger partial charge in [-0.15, -0.1) is 0 Å². The van der Waals surface area contributed by atoms with Gasteiger partial charge in [0.15, 0.2) is 5.65 Å². The van der Waals surface area contributed by atoms with Gasteiger partial charge in [0.25, 0.3) is 5.56 Å². The summed E-state index contributed by atoms with van der Waals surface area (Å²) in [7, 11) is 0. The molecule has 8 heteroatoms. The molecule has 0 aliphatic heterocycles. The second kappa shape index (κ2) is 8.89. The Kier molecular flexibility index (Phi) is 5.85. The van der Waals surface area contributed by atoms with E-state index in [2.05, 4.69) is 10.3 Å². The van der Waals surface area contributed by atoms with E-state index in [4.69, 9.17) is 4.74 Å². The third kappa shape index (κ3) is 4.15. The van der Waals surface area contributed by atoms with Crippen molar-refractivity contribution in [1.82, 2.24) is 14.3 Å². The standard InChI is InChI=1S/C24H22N4O4/c1-3-32-24(31)17-8-10-18(11-9-17)26-21(29)15-27-22-20(5-4-14-25-22)23(30)28(27)19-12-6-16(2)7-13-19/h4-14H,3,15H2,1-2H3,(H,26,29). The molecular formula is C24H22N4O4. The summed E-state index contributed by atoms with van der Waals surface area (Å²) in [4.78, 5) is 42.0. The lowest BCUT2D eigenvalue weighted by molar-refractivity contribution is -0.116. The molecule has 0 unspecified atom stereocenters. The van der Waals surface area contributed by atoms with Gasteiger partial charge in [-0.05, 0) is 62.4 Å². The fourth-order valence-electron chi connectivity index (χ4n) is 3.42. The van der Waals surface area contributed by atoms with Crippen molar-refractivity contribution in [2.24, 2.45) is 0 Å². The quantitative estimate of drug-likeness (QED) is 0.474. The first-order valence-electron chi connectivity index (χ1n) is 10.2. The largest absolute Gasteiger partial charge is 0.462 e. The van der Waals surface area contributed by atoms with Gasteiger partial charge >= 0.3 is 5.97 Å². The first kappa shape index (κ1) is 21.0. The van der Waals surface area contributed by atoms with Gasteiger partial charge in [0, 0.05) is 11.9 Å². The average molecular weight is 430 g/mol. The van der Waals surface area contributed by atoms with Crippen LogP contribution in [0.4, 0.5) is 5.69 Å². The number of carbonyl (C=O) groups is 2. The topological polar surface area (TPSA) is 95.2 Å². The third-order valence-electron chi connectivity index (χ3n) is 4.95. The summed E-state index contributed by atoms with van der Waals surface area (Å²) in [6, 6.07) is 17.3. The van der Waals surface area contributed by atoms with Crippen LogP contribution in [0.25, 0.3) is 16.7 Å². The number of hydrogen-bond acceptors (Lipinski definition) is 5. The first-order valence-corrected chi connectivity index (χ1v) is 10.2. The van der Waals surface area contributed by atoms with Gasteiger partial charge < -0.3 is 10.1 Å². The van der Waals surface area contributed by atoms with Crippen molar-refractivity contribution in [1.29, 1.82) is 0 Å². The Morgan fingerprint density at radius 3 is 2.44 bits per heavy atom. The first-order chi connectivity index (χ1) is 15.5. The molecule has 0 radical (unpaired) electrons. The van der Waals surface area contributed by atoms with Crippen LogP contribution in [0.3, 0.4) is 0 Å². The van der Waals surface area contributed by atoms with E-state index in [0.29, 0.717) is 34.6 Å². The maximum absolute atomic E-state index is 13.1. The summed E-state index contributed by atoms with van der Waals surface area (Å²) in [5.74, 6) is -0.755. The fourth-order valence-corrected chi connectivity index (χ4v) is 3.42. The maximum atomic E-state index is 13.1. The number of nitrogens with one attached hydrogen (secondary N) is 1. The van der Waals surface area contributed by atoms with Crippen molar-refractivity contribution in [2.45, 2.75) is 20.4 Å². The minimum Gasteiger partial charge on any atom is -0.462 e. The SMILES string of the molecule is CCOC(=O)c1ccc(NC(=O)Cn2c3ncccc3c(=O)n2-c2ccc(C)cc2)cc1. The summed E-state index contributed by atoms with van der Waals surface area (Å²) in [6.07, 6.45) is 1.59. The Labute approximate surface area is 184 Å². The van der Waals surface area contributed by atoms with Crippen LogP contribution in [0.5, 0.6) is 0 Å². The van der Waals surface area contributed by atoms with Crippen LogP contribution in [0.15, 0.2) is 71.7 Å². The van der Waals surface area contributed by atoms with Crippen molar-refractivity contribution < 1.29 is 14.3 Å². The zero-order valence-electron chi connectivity index (χ0n) is 17.7. The van der Waals surface area contributed by atoms with Crippen LogP contribution in [-0.4, -0.2) is 32.8 Å². The van der Waals surface area contributed by atoms with Crippen molar-refractivity contribution in [2.75, 3.05) is 11.9 Å². The van der Waals surface area contributed by atoms with Crippen LogP contribution < -0.4 is 10.9 Å². The molecule has 0 atom stereocenters. The van der Waals surface area contributed by atoms with Crippen molar-refractivity contribution in [3.63, 3.8) is 0 Å². The summed E-state index contributed by atoms with van der Waals surface area (Å²) in [6.45, 7) is 3.87. The van der Waals surface area contributed by atoms with E-state index >= 15 is 0 Å². The summed E-state index contributed by atoms with van der Waals surface area (Å²) < 4.78 is 7.98. The van der Waals surface area contributed by atoms with Crippen molar-refractivity contribution >= 4 is 28.6 Å². The molecule has 0 bridgehead atoms. The number of amides is 1. The van der Waals surface area contributed by atoms with Gasteiger partial charge in [0.05, 0.1) is 23.2 Å². The van der Waals surface area contributed by atoms with E-state index in [-0.39, 0.29) is 18.0 Å². The maximum Gasteiger partial charge on any atom is 0.338 e. The molecule has 32 heavy (non-hydrogen) atoms. The Hall–Kier alpha value is -4.20. The van der Waals surface area contributed by atoms with Gasteiger partial charge in [-0.1, -0.05) is 17.7 Å². The second-order valence-electron chi connectivity index (χ2n) is 7.23. The van der Waals surface area contributed by atoms with Crippen molar-refractivity contribution in [3.05, 3.63) is 88.3 Å². The minimum absolute atomic E-state index is 0.122. The number of hydrogen-bond donors (Lipinski definition) is 1. The Bertz CT molecular complexity index is 1340. The smallest absolute Gasteiger partial charge is 0.338 e. The number of ether oxygens (including phenoxy) is 1. The molecule has 0 aliphatic carbocycles. The molecule has 2 heterocycles. The van der Waals surface area contributed by atoms with Gasteiger partial charge in [0.1, 0.15) is 6.54 Å². The summed E-state index contributed by atoms with van der Waals surface area (Å²) in [5.41, 5.74) is 2.81. The Morgan fingerprint density at radius 2 is 1.75 bits per heavy atom. The number of esters is 1. The number of rotatable bonds is 6. The molecule has 0 spiro atoms. The van der Waals surface area contributed by atoms with Crippen LogP contribution in [0, 0.1) is 6.92 Å². The highest BCUT2D eigenvalue weighted by Gasteiger charge is 2.18. The molecule has 4 aromatic rings. The molecule has 2 aromatic heterocycles. The lowest BCUT2D eigenvalue weighted by Crippen LogP contribution is -2.27. The Morgan fingerprint density at radius 1 is 1.03 bits per heavy atom. The molecule has 0 aliphatic rings. The summed E-state index contributed by atoms with van der Waals surface area (Å²) in [5, 5.41) is 3.23. The highest BCUT2D eigenvalue weighted by Crippen LogP contribution is 2.15. The number of fused-ring (bicyclic) bond motifs is 1. The molecular weight excluding hydrogens is 408 g/mol. The zero-order valence-corrected chi connectivity index (χ0v) is 17.7. The van der Waals surface area contributed by atoms with Gasteiger partial charge in [-0.25, -0.2) is 14.5 Å². The Balaban J connectivity index is 1.63. The lowest BCUT2D eigenvalue weighted by Gasteiger charge is -2.13. The van der Waals surface area contributed by atoms with Crippen LogP contribution in [0.1, 0.15) is 22.8 Å². The number of carbonyl (C=O) groups excluding carboxylic acids is 2. The second-order valence-corrected chi connectivity index (χ2v) is 7.23. The number of aromatic nitrogens is 3. The molecule has 0 fully saturated rings. The van der Waals surface area contributed by atoms with Crippen LogP contribution in [0.2, 0.25) is 0 Å². The average Bonchev–Trinajstić information content (AvgIpc) is 3.07. The highest BCUT2D eigenvalue weighted by atomic mass is 16.5. The molecule has 162 valence electrons. The predicted molar refractivity (Wildman–Crippen MR) is 121 cm³/mol. The lowest BCUT2D eigenvalue weighted by atomic mass is 10.2. The molecule has 2 aromatic carbocycles. The monoisotopic (exact) mass is 430 g/mol. The molecule has 8 nitrogen and oxygen atoms in total. The van der Waals surface area contributed by atoms with Crippen molar-refractivity contribution in [3.8, 4) is 5.69 Å². The van der Waals surface area contributed by atoms with E-state index in [0.717, 1.165) is 5.56 Å². The van der Waals surface area contributed by atoms with Gasteiger partial charge in [0.2, 0.25) is 5.91 Å². The number of pyridine rings is 1. The van der Waals surface area contributed by atoms with Gasteiger partial charge in [-0.3, -0.25) is 14.3 Å². The van der Waals surface area contributed by atoms with E-state index < -0.39 is 5.97 Å². The van der Waals surface area contributed by atoms with Gasteiger partial charge in [-0.2, -0.15) is 0 Å². The van der Waals surface area contributed by atoms with Crippen LogP contribution in [-0.2, 0) is 16.1 Å². The molecule has 1 N–H and O–H groups in total. The third-order valence-corrected chi connectivity index (χ3v) is 4.95. The highest BCUT2D eigenvalue weighted by molar-refractivity contribution is 5.93. The minimum atomic E-state index is -0.419. The summed E-state index contributed by atoms with van der Waals surface area (Å²) >= 11 is 0. The van der Waals surface area contributed by atoms with E-state index in [1.54, 1.807) is 54.2 Å². The van der Waals surface area contributed by atoms with E-state index in [9.17, 15) is 14.4 Å². The predicted octanol–water partition coefficient (Wildman–Crippen LogP) is 3.31. The van der Waals surface area contributed by atoms with E-state index in [1.807, 2.05) is 31.2 Å². The molecule has 0 saturated carbocycles. The molecule has 1 amide bonds. The zero-order chi connectivity index (χ0) is 22.7. The number of aryl methyl sites for hydroxylation is 1. The van der Waals surface area contributed by atoms with Crippen LogP contribution >= 0.6 is 0 Å². The number of anilines is 1. The fraction of sp³-hybridized carbons (Fsp3) is 0.167. The normalized spacial score (nSPS) is 10.8. The molecule has 4 rings (SSSR count). The number of nitrogens with zero attached hydrogens (tertiary/aromatic N) is 3. The number of benzene rings is 2. The molecule has 0 saturated heterocycles. The van der Waals surface area contributed by atoms with E-state index in [1.165, 1.54) is 4.68 Å².